The summed E-state index contributed by atoms with van der Waals surface area (Å²) in [5.74, 6) is -0.652. The van der Waals surface area contributed by atoms with E-state index in [0.29, 0.717) is 12.8 Å². The molecule has 1 rings (SSSR count). The molecule has 2 atom stereocenters. The second-order valence-corrected chi connectivity index (χ2v) is 3.87. The first-order valence-electron chi connectivity index (χ1n) is 4.83. The number of esters is 2. The first-order chi connectivity index (χ1) is 6.56. The number of cyclic esters (lactones) is 1. The second kappa shape index (κ2) is 4.44. The van der Waals surface area contributed by atoms with Crippen molar-refractivity contribution in [2.75, 3.05) is 7.11 Å². The fourth-order valence-electron chi connectivity index (χ4n) is 1.73. The minimum absolute atomic E-state index is 0.142. The van der Waals surface area contributed by atoms with Crippen molar-refractivity contribution in [2.24, 2.45) is 11.8 Å². The van der Waals surface area contributed by atoms with E-state index >= 15 is 0 Å². The summed E-state index contributed by atoms with van der Waals surface area (Å²) < 4.78 is 9.82. The van der Waals surface area contributed by atoms with E-state index < -0.39 is 0 Å². The molecule has 0 aromatic rings. The third-order valence-electron chi connectivity index (χ3n) is 2.48. The Kier molecular flexibility index (Phi) is 3.49. The SMILES string of the molecule is COC(=O)[C@H]1CCC(=O)O[C@@H]1C(C)C. The van der Waals surface area contributed by atoms with Gasteiger partial charge in [-0.15, -0.1) is 0 Å². The van der Waals surface area contributed by atoms with E-state index in [1.54, 1.807) is 0 Å². The molecule has 4 nitrogen and oxygen atoms in total. The fourth-order valence-corrected chi connectivity index (χ4v) is 1.73. The molecular formula is C10H16O4. The average molecular weight is 200 g/mol. The van der Waals surface area contributed by atoms with Crippen LogP contribution in [0.2, 0.25) is 0 Å². The standard InChI is InChI=1S/C10H16O4/c1-6(2)9-7(10(12)13-3)4-5-8(11)14-9/h6-7,9H,4-5H2,1-3H3/t7-,9+/m0/s1. The zero-order valence-electron chi connectivity index (χ0n) is 8.78. The van der Waals surface area contributed by atoms with Crippen molar-refractivity contribution in [1.82, 2.24) is 0 Å². The average Bonchev–Trinajstić information content (AvgIpc) is 2.16. The van der Waals surface area contributed by atoms with Crippen LogP contribution in [0.25, 0.3) is 0 Å². The van der Waals surface area contributed by atoms with Gasteiger partial charge >= 0.3 is 11.9 Å². The van der Waals surface area contributed by atoms with E-state index in [1.807, 2.05) is 13.8 Å². The van der Waals surface area contributed by atoms with E-state index in [-0.39, 0.29) is 29.9 Å². The van der Waals surface area contributed by atoms with Crippen molar-refractivity contribution in [1.29, 1.82) is 0 Å². The summed E-state index contributed by atoms with van der Waals surface area (Å²) in [6.07, 6.45) is 0.515. The number of hydrogen-bond donors (Lipinski definition) is 0. The van der Waals surface area contributed by atoms with E-state index in [2.05, 4.69) is 4.74 Å². The summed E-state index contributed by atoms with van der Waals surface area (Å²) in [7, 11) is 1.36. The van der Waals surface area contributed by atoms with Crippen molar-refractivity contribution >= 4 is 11.9 Å². The Hall–Kier alpha value is -1.06. The van der Waals surface area contributed by atoms with Gasteiger partial charge in [-0.1, -0.05) is 13.8 Å². The van der Waals surface area contributed by atoms with Crippen LogP contribution in [0.15, 0.2) is 0 Å². The Morgan fingerprint density at radius 3 is 2.71 bits per heavy atom. The summed E-state index contributed by atoms with van der Waals surface area (Å²) in [4.78, 5) is 22.4. The number of carbonyl (C=O) groups is 2. The monoisotopic (exact) mass is 200 g/mol. The lowest BCUT2D eigenvalue weighted by molar-refractivity contribution is -0.171. The van der Waals surface area contributed by atoms with Gasteiger partial charge in [-0.2, -0.15) is 0 Å². The van der Waals surface area contributed by atoms with Crippen molar-refractivity contribution in [3.8, 4) is 0 Å². The molecule has 80 valence electrons. The third kappa shape index (κ3) is 2.25. The number of methoxy groups -OCH3 is 1. The van der Waals surface area contributed by atoms with Gasteiger partial charge in [0, 0.05) is 6.42 Å². The highest BCUT2D eigenvalue weighted by Gasteiger charge is 2.38. The molecule has 0 N–H and O–H groups in total. The molecule has 0 bridgehead atoms. The molecule has 0 aromatic heterocycles. The maximum Gasteiger partial charge on any atom is 0.312 e. The van der Waals surface area contributed by atoms with E-state index in [9.17, 15) is 9.59 Å². The zero-order chi connectivity index (χ0) is 10.7. The lowest BCUT2D eigenvalue weighted by Gasteiger charge is -2.31. The number of carbonyl (C=O) groups excluding carboxylic acids is 2. The number of rotatable bonds is 2. The predicted octanol–water partition coefficient (Wildman–Crippen LogP) is 1.14. The fraction of sp³-hybridized carbons (Fsp3) is 0.800. The maximum absolute atomic E-state index is 11.4. The largest absolute Gasteiger partial charge is 0.469 e. The van der Waals surface area contributed by atoms with Gasteiger partial charge in [0.2, 0.25) is 0 Å². The van der Waals surface area contributed by atoms with Crippen molar-refractivity contribution in [3.63, 3.8) is 0 Å². The summed E-state index contributed by atoms with van der Waals surface area (Å²) >= 11 is 0. The quantitative estimate of drug-likeness (QED) is 0.627. The van der Waals surface area contributed by atoms with Gasteiger partial charge in [0.15, 0.2) is 0 Å². The molecule has 1 heterocycles. The minimum Gasteiger partial charge on any atom is -0.469 e. The van der Waals surface area contributed by atoms with E-state index in [0.717, 1.165) is 0 Å². The smallest absolute Gasteiger partial charge is 0.312 e. The molecule has 0 radical (unpaired) electrons. The van der Waals surface area contributed by atoms with Gasteiger partial charge in [-0.3, -0.25) is 9.59 Å². The molecule has 1 aliphatic rings. The van der Waals surface area contributed by atoms with Crippen molar-refractivity contribution < 1.29 is 19.1 Å². The Balaban J connectivity index is 2.72. The van der Waals surface area contributed by atoms with Crippen LogP contribution in [0.1, 0.15) is 26.7 Å². The van der Waals surface area contributed by atoms with Gasteiger partial charge in [0.1, 0.15) is 6.10 Å². The van der Waals surface area contributed by atoms with Crippen LogP contribution in [0.5, 0.6) is 0 Å². The van der Waals surface area contributed by atoms with Gasteiger partial charge < -0.3 is 9.47 Å². The lowest BCUT2D eigenvalue weighted by Crippen LogP contribution is -2.41. The zero-order valence-corrected chi connectivity index (χ0v) is 8.78. The molecule has 0 aliphatic carbocycles. The molecule has 0 unspecified atom stereocenters. The van der Waals surface area contributed by atoms with Crippen LogP contribution < -0.4 is 0 Å². The topological polar surface area (TPSA) is 52.6 Å². The van der Waals surface area contributed by atoms with Crippen LogP contribution in [0, 0.1) is 11.8 Å². The Morgan fingerprint density at radius 1 is 1.57 bits per heavy atom. The third-order valence-corrected chi connectivity index (χ3v) is 2.48. The first-order valence-corrected chi connectivity index (χ1v) is 4.83. The van der Waals surface area contributed by atoms with Gasteiger partial charge in [0.25, 0.3) is 0 Å². The molecule has 0 aromatic carbocycles. The summed E-state index contributed by atoms with van der Waals surface area (Å²) in [5.41, 5.74) is 0. The highest BCUT2D eigenvalue weighted by atomic mass is 16.6. The molecule has 0 amide bonds. The van der Waals surface area contributed by atoms with Crippen LogP contribution >= 0.6 is 0 Å². The Labute approximate surface area is 83.6 Å². The van der Waals surface area contributed by atoms with Crippen molar-refractivity contribution in [3.05, 3.63) is 0 Å². The number of ether oxygens (including phenoxy) is 2. The molecule has 1 aliphatic heterocycles. The van der Waals surface area contributed by atoms with Crippen molar-refractivity contribution in [2.45, 2.75) is 32.8 Å². The van der Waals surface area contributed by atoms with Gasteiger partial charge in [-0.05, 0) is 12.3 Å². The molecule has 0 spiro atoms. The predicted molar refractivity (Wildman–Crippen MR) is 49.5 cm³/mol. The normalized spacial score (nSPS) is 27.3. The lowest BCUT2D eigenvalue weighted by atomic mass is 9.87. The van der Waals surface area contributed by atoms with E-state index in [4.69, 9.17) is 4.74 Å². The highest BCUT2D eigenvalue weighted by Crippen LogP contribution is 2.27. The van der Waals surface area contributed by atoms with Crippen LogP contribution in [-0.4, -0.2) is 25.2 Å². The summed E-state index contributed by atoms with van der Waals surface area (Å²) in [5, 5.41) is 0. The molecular weight excluding hydrogens is 184 g/mol. The molecule has 14 heavy (non-hydrogen) atoms. The molecule has 1 fully saturated rings. The van der Waals surface area contributed by atoms with Crippen LogP contribution in [0.4, 0.5) is 0 Å². The van der Waals surface area contributed by atoms with Gasteiger partial charge in [-0.25, -0.2) is 0 Å². The number of hydrogen-bond acceptors (Lipinski definition) is 4. The molecule has 4 heteroatoms. The Morgan fingerprint density at radius 2 is 2.21 bits per heavy atom. The Bertz CT molecular complexity index is 234. The van der Waals surface area contributed by atoms with E-state index in [1.165, 1.54) is 7.11 Å². The second-order valence-electron chi connectivity index (χ2n) is 3.87. The van der Waals surface area contributed by atoms with Crippen LogP contribution in [-0.2, 0) is 19.1 Å². The van der Waals surface area contributed by atoms with Gasteiger partial charge in [0.05, 0.1) is 13.0 Å². The minimum atomic E-state index is -0.330. The molecule has 0 saturated carbocycles. The van der Waals surface area contributed by atoms with Crippen LogP contribution in [0.3, 0.4) is 0 Å². The summed E-state index contributed by atoms with van der Waals surface area (Å²) in [6, 6.07) is 0. The first kappa shape index (κ1) is 11.0. The highest BCUT2D eigenvalue weighted by molar-refractivity contribution is 5.77. The summed E-state index contributed by atoms with van der Waals surface area (Å²) in [6.45, 7) is 3.86. The molecule has 1 saturated heterocycles. The maximum atomic E-state index is 11.4.